The Morgan fingerprint density at radius 1 is 1.56 bits per heavy atom. The fourth-order valence-electron chi connectivity index (χ4n) is 1.82. The standard InChI is InChI=1S/C11H7N3O3S/c15-9-7(4-6-2-1-3-12-13-6)10-14(9)8(5-18-10)11(16)17/h1-5,10H,(H,16,17)/b7-4+/t10-/m1/s1. The second-order valence-corrected chi connectivity index (χ2v) is 4.67. The van der Waals surface area contributed by atoms with Gasteiger partial charge in [0.05, 0.1) is 11.3 Å². The normalized spacial score (nSPS) is 23.7. The lowest BCUT2D eigenvalue weighted by molar-refractivity contribution is -0.141. The molecule has 3 heterocycles. The fourth-order valence-corrected chi connectivity index (χ4v) is 2.93. The summed E-state index contributed by atoms with van der Waals surface area (Å²) in [4.78, 5) is 24.0. The molecule has 3 rings (SSSR count). The van der Waals surface area contributed by atoms with Gasteiger partial charge in [0.15, 0.2) is 0 Å². The maximum atomic E-state index is 11.9. The molecule has 0 bridgehead atoms. The molecule has 7 heteroatoms. The molecular formula is C11H7N3O3S. The zero-order valence-corrected chi connectivity index (χ0v) is 9.79. The van der Waals surface area contributed by atoms with Gasteiger partial charge in [0.25, 0.3) is 5.91 Å². The highest BCUT2D eigenvalue weighted by atomic mass is 32.2. The quantitative estimate of drug-likeness (QED) is 0.623. The number of β-lactam (4-membered cyclic amide) rings is 1. The van der Waals surface area contributed by atoms with Crippen molar-refractivity contribution < 1.29 is 14.7 Å². The minimum absolute atomic E-state index is 0.0336. The van der Waals surface area contributed by atoms with Crippen LogP contribution < -0.4 is 0 Å². The van der Waals surface area contributed by atoms with Crippen LogP contribution in [0.3, 0.4) is 0 Å². The van der Waals surface area contributed by atoms with Crippen LogP contribution in [0.2, 0.25) is 0 Å². The number of carbonyl (C=O) groups is 2. The van der Waals surface area contributed by atoms with Gasteiger partial charge in [-0.25, -0.2) is 4.79 Å². The average molecular weight is 261 g/mol. The van der Waals surface area contributed by atoms with Crippen LogP contribution in [0.1, 0.15) is 5.69 Å². The Bertz CT molecular complexity index is 597. The van der Waals surface area contributed by atoms with E-state index in [9.17, 15) is 9.59 Å². The summed E-state index contributed by atoms with van der Waals surface area (Å²) in [6.45, 7) is 0. The first kappa shape index (κ1) is 11.0. The van der Waals surface area contributed by atoms with Gasteiger partial charge in [-0.3, -0.25) is 9.69 Å². The molecule has 1 aromatic rings. The molecule has 6 nitrogen and oxygen atoms in total. The number of aliphatic carboxylic acids is 1. The third kappa shape index (κ3) is 1.52. The van der Waals surface area contributed by atoms with Gasteiger partial charge in [0.1, 0.15) is 11.1 Å². The Hall–Kier alpha value is -2.15. The van der Waals surface area contributed by atoms with Gasteiger partial charge < -0.3 is 5.11 Å². The van der Waals surface area contributed by atoms with E-state index in [0.717, 1.165) is 0 Å². The van der Waals surface area contributed by atoms with E-state index < -0.39 is 5.97 Å². The third-order valence-corrected chi connectivity index (χ3v) is 3.73. The fraction of sp³-hybridized carbons (Fsp3) is 0.0909. The van der Waals surface area contributed by atoms with Gasteiger partial charge in [0, 0.05) is 11.6 Å². The molecule has 0 radical (unpaired) electrons. The summed E-state index contributed by atoms with van der Waals surface area (Å²) in [6.07, 6.45) is 3.19. The van der Waals surface area contributed by atoms with E-state index in [1.54, 1.807) is 24.4 Å². The number of carbonyl (C=O) groups excluding carboxylic acids is 1. The number of aromatic nitrogens is 2. The maximum Gasteiger partial charge on any atom is 0.353 e. The topological polar surface area (TPSA) is 83.4 Å². The van der Waals surface area contributed by atoms with Crippen LogP contribution in [-0.2, 0) is 9.59 Å². The van der Waals surface area contributed by atoms with Crippen LogP contribution in [-0.4, -0.2) is 37.5 Å². The van der Waals surface area contributed by atoms with E-state index in [4.69, 9.17) is 5.11 Å². The second kappa shape index (κ2) is 3.95. The summed E-state index contributed by atoms with van der Waals surface area (Å²) in [6, 6.07) is 3.46. The first-order valence-corrected chi connectivity index (χ1v) is 6.04. The molecule has 1 fully saturated rings. The number of hydrogen-bond acceptors (Lipinski definition) is 5. The van der Waals surface area contributed by atoms with Crippen LogP contribution in [0.4, 0.5) is 0 Å². The number of hydrogen-bond donors (Lipinski definition) is 1. The Kier molecular flexibility index (Phi) is 2.41. The SMILES string of the molecule is O=C(O)C1=CS[C@@H]2/C(=C/c3cccnn3)C(=O)N12. The van der Waals surface area contributed by atoms with Gasteiger partial charge in [-0.2, -0.15) is 10.2 Å². The van der Waals surface area contributed by atoms with Gasteiger partial charge >= 0.3 is 5.97 Å². The summed E-state index contributed by atoms with van der Waals surface area (Å²) >= 11 is 1.31. The van der Waals surface area contributed by atoms with Crippen LogP contribution >= 0.6 is 11.8 Å². The van der Waals surface area contributed by atoms with Crippen LogP contribution in [0, 0.1) is 0 Å². The molecule has 1 aromatic heterocycles. The predicted octanol–water partition coefficient (Wildman–Crippen LogP) is 0.701. The van der Waals surface area contributed by atoms with Gasteiger partial charge in [-0.1, -0.05) is 0 Å². The van der Waals surface area contributed by atoms with Crippen LogP contribution in [0.5, 0.6) is 0 Å². The van der Waals surface area contributed by atoms with Gasteiger partial charge in [0.2, 0.25) is 0 Å². The largest absolute Gasteiger partial charge is 0.477 e. The number of thioether (sulfide) groups is 1. The Morgan fingerprint density at radius 3 is 3.06 bits per heavy atom. The molecule has 0 unspecified atom stereocenters. The Balaban J connectivity index is 1.87. The monoisotopic (exact) mass is 261 g/mol. The first-order chi connectivity index (χ1) is 8.68. The molecule has 0 aromatic carbocycles. The molecule has 18 heavy (non-hydrogen) atoms. The van der Waals surface area contributed by atoms with Crippen molar-refractivity contribution in [3.8, 4) is 0 Å². The molecule has 1 atom stereocenters. The smallest absolute Gasteiger partial charge is 0.353 e. The van der Waals surface area contributed by atoms with Crippen molar-refractivity contribution in [3.63, 3.8) is 0 Å². The van der Waals surface area contributed by atoms with E-state index in [0.29, 0.717) is 11.3 Å². The molecule has 2 aliphatic heterocycles. The Labute approximate surface area is 106 Å². The average Bonchev–Trinajstić information content (AvgIpc) is 2.77. The molecule has 0 spiro atoms. The van der Waals surface area contributed by atoms with Crippen LogP contribution in [0.15, 0.2) is 35.0 Å². The number of carboxylic acids is 1. The van der Waals surface area contributed by atoms with Crippen LogP contribution in [0.25, 0.3) is 6.08 Å². The minimum Gasteiger partial charge on any atom is -0.477 e. The molecule has 0 aliphatic carbocycles. The number of carboxylic acid groups (broad SMARTS) is 1. The lowest BCUT2D eigenvalue weighted by atomic mass is 10.0. The Morgan fingerprint density at radius 2 is 2.39 bits per heavy atom. The number of fused-ring (bicyclic) bond motifs is 1. The first-order valence-electron chi connectivity index (χ1n) is 5.10. The molecular weight excluding hydrogens is 254 g/mol. The highest BCUT2D eigenvalue weighted by molar-refractivity contribution is 8.03. The molecule has 1 saturated heterocycles. The van der Waals surface area contributed by atoms with Gasteiger partial charge in [-0.15, -0.1) is 11.8 Å². The second-order valence-electron chi connectivity index (χ2n) is 3.72. The summed E-state index contributed by atoms with van der Waals surface area (Å²) in [5.74, 6) is -1.37. The lowest BCUT2D eigenvalue weighted by Gasteiger charge is -2.37. The molecule has 1 N–H and O–H groups in total. The zero-order chi connectivity index (χ0) is 12.7. The highest BCUT2D eigenvalue weighted by Gasteiger charge is 2.49. The molecule has 0 saturated carbocycles. The minimum atomic E-state index is -1.09. The summed E-state index contributed by atoms with van der Waals surface area (Å²) in [5.41, 5.74) is 1.17. The van der Waals surface area contributed by atoms with E-state index in [-0.39, 0.29) is 17.0 Å². The van der Waals surface area contributed by atoms with E-state index in [2.05, 4.69) is 10.2 Å². The summed E-state index contributed by atoms with van der Waals surface area (Å²) < 4.78 is 0. The van der Waals surface area contributed by atoms with Gasteiger partial charge in [-0.05, 0) is 18.2 Å². The predicted molar refractivity (Wildman–Crippen MR) is 64.0 cm³/mol. The van der Waals surface area contributed by atoms with E-state index in [1.807, 2.05) is 0 Å². The molecule has 90 valence electrons. The van der Waals surface area contributed by atoms with Crippen molar-refractivity contribution in [2.24, 2.45) is 0 Å². The lowest BCUT2D eigenvalue weighted by Crippen LogP contribution is -2.51. The molecule has 2 aliphatic rings. The number of nitrogens with zero attached hydrogens (tertiary/aromatic N) is 3. The summed E-state index contributed by atoms with van der Waals surface area (Å²) in [5, 5.41) is 17.7. The van der Waals surface area contributed by atoms with Crippen molar-refractivity contribution in [2.45, 2.75) is 5.37 Å². The highest BCUT2D eigenvalue weighted by Crippen LogP contribution is 2.44. The van der Waals surface area contributed by atoms with E-state index >= 15 is 0 Å². The number of rotatable bonds is 2. The van der Waals surface area contributed by atoms with Crippen molar-refractivity contribution >= 4 is 29.7 Å². The van der Waals surface area contributed by atoms with Crippen molar-refractivity contribution in [3.05, 3.63) is 40.7 Å². The van der Waals surface area contributed by atoms with Crippen molar-refractivity contribution in [1.29, 1.82) is 0 Å². The number of amides is 1. The molecule has 1 amide bonds. The van der Waals surface area contributed by atoms with Crippen molar-refractivity contribution in [1.82, 2.24) is 15.1 Å². The maximum absolute atomic E-state index is 11.9. The summed E-state index contributed by atoms with van der Waals surface area (Å²) in [7, 11) is 0. The van der Waals surface area contributed by atoms with Crippen molar-refractivity contribution in [2.75, 3.05) is 0 Å². The zero-order valence-electron chi connectivity index (χ0n) is 8.98. The van der Waals surface area contributed by atoms with E-state index in [1.165, 1.54) is 22.1 Å². The third-order valence-electron chi connectivity index (χ3n) is 2.65.